The Kier molecular flexibility index (Phi) is 2.88. The first kappa shape index (κ1) is 12.9. The van der Waals surface area contributed by atoms with Gasteiger partial charge in [-0.1, -0.05) is 0 Å². The van der Waals surface area contributed by atoms with Crippen LogP contribution in [0.15, 0.2) is 18.2 Å². The zero-order valence-corrected chi connectivity index (χ0v) is 11.2. The molecule has 1 aliphatic heterocycles. The van der Waals surface area contributed by atoms with Crippen LogP contribution in [0.1, 0.15) is 33.3 Å². The van der Waals surface area contributed by atoms with Crippen LogP contribution in [0.4, 0.5) is 5.69 Å². The van der Waals surface area contributed by atoms with Crippen molar-refractivity contribution in [3.63, 3.8) is 0 Å². The van der Waals surface area contributed by atoms with Gasteiger partial charge in [-0.25, -0.2) is 0 Å². The third-order valence-corrected chi connectivity index (χ3v) is 3.63. The van der Waals surface area contributed by atoms with Gasteiger partial charge in [-0.15, -0.1) is 0 Å². The van der Waals surface area contributed by atoms with Crippen molar-refractivity contribution in [3.8, 4) is 6.07 Å². The molecule has 2 N–H and O–H groups in total. The van der Waals surface area contributed by atoms with Crippen molar-refractivity contribution in [3.05, 3.63) is 23.8 Å². The van der Waals surface area contributed by atoms with E-state index in [1.807, 2.05) is 27.7 Å². The molecule has 1 saturated heterocycles. The zero-order valence-electron chi connectivity index (χ0n) is 11.2. The number of hydrogen-bond donors (Lipinski definition) is 1. The van der Waals surface area contributed by atoms with E-state index in [4.69, 9.17) is 20.3 Å². The highest BCUT2D eigenvalue weighted by molar-refractivity contribution is 6.62. The standard InChI is InChI=1S/C13H17BN2O2/c1-12(2)13(3,4)18-14(17-12)10-5-9(8-15)6-11(16)7-10/h5-7H,16H2,1-4H3. The van der Waals surface area contributed by atoms with E-state index in [0.717, 1.165) is 5.46 Å². The highest BCUT2D eigenvalue weighted by Crippen LogP contribution is 2.36. The van der Waals surface area contributed by atoms with Crippen molar-refractivity contribution in [2.24, 2.45) is 0 Å². The highest BCUT2D eigenvalue weighted by atomic mass is 16.7. The Labute approximate surface area is 108 Å². The van der Waals surface area contributed by atoms with Crippen LogP contribution < -0.4 is 11.2 Å². The summed E-state index contributed by atoms with van der Waals surface area (Å²) in [5.74, 6) is 0. The van der Waals surface area contributed by atoms with Gasteiger partial charge in [0, 0.05) is 5.69 Å². The van der Waals surface area contributed by atoms with E-state index < -0.39 is 18.3 Å². The molecular formula is C13H17BN2O2. The lowest BCUT2D eigenvalue weighted by Crippen LogP contribution is -2.41. The van der Waals surface area contributed by atoms with Crippen molar-refractivity contribution in [2.75, 3.05) is 5.73 Å². The van der Waals surface area contributed by atoms with Gasteiger partial charge in [0.25, 0.3) is 0 Å². The molecule has 0 atom stereocenters. The van der Waals surface area contributed by atoms with E-state index >= 15 is 0 Å². The SMILES string of the molecule is CC1(C)OB(c2cc(N)cc(C#N)c2)OC1(C)C. The molecule has 1 fully saturated rings. The average molecular weight is 244 g/mol. The minimum atomic E-state index is -0.481. The summed E-state index contributed by atoms with van der Waals surface area (Å²) < 4.78 is 11.8. The van der Waals surface area contributed by atoms with Gasteiger partial charge in [0.15, 0.2) is 0 Å². The van der Waals surface area contributed by atoms with Crippen LogP contribution in [-0.2, 0) is 9.31 Å². The summed E-state index contributed by atoms with van der Waals surface area (Å²) >= 11 is 0. The first-order chi connectivity index (χ1) is 8.25. The highest BCUT2D eigenvalue weighted by Gasteiger charge is 2.51. The first-order valence-electron chi connectivity index (χ1n) is 5.91. The maximum Gasteiger partial charge on any atom is 0.494 e. The number of nitriles is 1. The van der Waals surface area contributed by atoms with Crippen molar-refractivity contribution < 1.29 is 9.31 Å². The monoisotopic (exact) mass is 244 g/mol. The van der Waals surface area contributed by atoms with E-state index in [2.05, 4.69) is 6.07 Å². The van der Waals surface area contributed by atoms with Gasteiger partial charge in [-0.2, -0.15) is 5.26 Å². The molecule has 1 aromatic rings. The molecule has 5 heteroatoms. The van der Waals surface area contributed by atoms with Crippen molar-refractivity contribution >= 4 is 18.3 Å². The fourth-order valence-corrected chi connectivity index (χ4v) is 1.86. The summed E-state index contributed by atoms with van der Waals surface area (Å²) in [7, 11) is -0.481. The van der Waals surface area contributed by atoms with Crippen LogP contribution in [0.2, 0.25) is 0 Å². The topological polar surface area (TPSA) is 68.3 Å². The molecule has 0 saturated carbocycles. The maximum absolute atomic E-state index is 8.95. The summed E-state index contributed by atoms with van der Waals surface area (Å²) in [6.07, 6.45) is 0. The Morgan fingerprint density at radius 2 is 1.67 bits per heavy atom. The lowest BCUT2D eigenvalue weighted by atomic mass is 9.78. The fraction of sp³-hybridized carbons (Fsp3) is 0.462. The van der Waals surface area contributed by atoms with Crippen LogP contribution in [0.5, 0.6) is 0 Å². The first-order valence-corrected chi connectivity index (χ1v) is 5.91. The lowest BCUT2D eigenvalue weighted by molar-refractivity contribution is 0.00578. The molecular weight excluding hydrogens is 227 g/mol. The van der Waals surface area contributed by atoms with Crippen LogP contribution in [-0.4, -0.2) is 18.3 Å². The number of anilines is 1. The molecule has 0 amide bonds. The fourth-order valence-electron chi connectivity index (χ4n) is 1.86. The van der Waals surface area contributed by atoms with Gasteiger partial charge in [0.05, 0.1) is 22.8 Å². The molecule has 1 heterocycles. The largest absolute Gasteiger partial charge is 0.494 e. The van der Waals surface area contributed by atoms with Crippen LogP contribution in [0, 0.1) is 11.3 Å². The average Bonchev–Trinajstić information content (AvgIpc) is 2.47. The van der Waals surface area contributed by atoms with Crippen LogP contribution >= 0.6 is 0 Å². The minimum absolute atomic E-state index is 0.394. The van der Waals surface area contributed by atoms with Crippen molar-refractivity contribution in [1.29, 1.82) is 5.26 Å². The normalized spacial score (nSPS) is 20.7. The summed E-state index contributed by atoms with van der Waals surface area (Å²) in [6, 6.07) is 7.24. The Hall–Kier alpha value is -1.51. The van der Waals surface area contributed by atoms with E-state index in [1.54, 1.807) is 18.2 Å². The van der Waals surface area contributed by atoms with Gasteiger partial charge in [-0.05, 0) is 51.4 Å². The van der Waals surface area contributed by atoms with Crippen LogP contribution in [0.25, 0.3) is 0 Å². The van der Waals surface area contributed by atoms with Crippen molar-refractivity contribution in [1.82, 2.24) is 0 Å². The molecule has 0 aromatic heterocycles. The van der Waals surface area contributed by atoms with E-state index in [-0.39, 0.29) is 0 Å². The molecule has 0 radical (unpaired) electrons. The summed E-state index contributed by atoms with van der Waals surface area (Å²) in [5, 5.41) is 8.95. The third-order valence-electron chi connectivity index (χ3n) is 3.63. The maximum atomic E-state index is 8.95. The van der Waals surface area contributed by atoms with Gasteiger partial charge < -0.3 is 15.0 Å². The Morgan fingerprint density at radius 1 is 1.11 bits per heavy atom. The van der Waals surface area contributed by atoms with Gasteiger partial charge in [0.2, 0.25) is 0 Å². The number of benzene rings is 1. The van der Waals surface area contributed by atoms with E-state index in [1.165, 1.54) is 0 Å². The predicted octanol–water partition coefficient (Wildman–Crippen LogP) is 1.44. The number of nitrogen functional groups attached to an aromatic ring is 1. The summed E-state index contributed by atoms with van der Waals surface area (Å²) in [6.45, 7) is 7.96. The zero-order chi connectivity index (χ0) is 13.6. The number of nitrogens with zero attached hydrogens (tertiary/aromatic N) is 1. The Balaban J connectivity index is 2.36. The van der Waals surface area contributed by atoms with Gasteiger partial charge >= 0.3 is 7.12 Å². The predicted molar refractivity (Wildman–Crippen MR) is 71.3 cm³/mol. The minimum Gasteiger partial charge on any atom is -0.399 e. The van der Waals surface area contributed by atoms with E-state index in [0.29, 0.717) is 11.3 Å². The summed E-state index contributed by atoms with van der Waals surface area (Å²) in [5.41, 5.74) is 6.82. The number of hydrogen-bond acceptors (Lipinski definition) is 4. The molecule has 0 unspecified atom stereocenters. The van der Waals surface area contributed by atoms with Gasteiger partial charge in [0.1, 0.15) is 0 Å². The molecule has 2 rings (SSSR count). The number of nitrogens with two attached hydrogens (primary N) is 1. The second-order valence-electron chi connectivity index (χ2n) is 5.59. The molecule has 94 valence electrons. The summed E-state index contributed by atoms with van der Waals surface area (Å²) in [4.78, 5) is 0. The molecule has 0 aliphatic carbocycles. The molecule has 1 aliphatic rings. The van der Waals surface area contributed by atoms with Gasteiger partial charge in [-0.3, -0.25) is 0 Å². The van der Waals surface area contributed by atoms with Crippen LogP contribution in [0.3, 0.4) is 0 Å². The molecule has 1 aromatic carbocycles. The van der Waals surface area contributed by atoms with Crippen molar-refractivity contribution in [2.45, 2.75) is 38.9 Å². The second kappa shape index (κ2) is 4.01. The second-order valence-corrected chi connectivity index (χ2v) is 5.59. The molecule has 4 nitrogen and oxygen atoms in total. The smallest absolute Gasteiger partial charge is 0.399 e. The quantitative estimate of drug-likeness (QED) is 0.599. The van der Waals surface area contributed by atoms with E-state index in [9.17, 15) is 0 Å². The lowest BCUT2D eigenvalue weighted by Gasteiger charge is -2.32. The Morgan fingerprint density at radius 3 is 2.17 bits per heavy atom. The number of rotatable bonds is 1. The third kappa shape index (κ3) is 2.10. The molecule has 0 bridgehead atoms. The Bertz CT molecular complexity index is 504. The molecule has 0 spiro atoms. The molecule has 18 heavy (non-hydrogen) atoms.